The summed E-state index contributed by atoms with van der Waals surface area (Å²) in [5.41, 5.74) is 4.02. The average molecular weight is 485 g/mol. The van der Waals surface area contributed by atoms with Crippen LogP contribution < -0.4 is 10.1 Å². The Morgan fingerprint density at radius 2 is 1.82 bits per heavy atom. The number of nitrogens with one attached hydrogen (secondary N) is 1. The van der Waals surface area contributed by atoms with Gasteiger partial charge >= 0.3 is 0 Å². The molecule has 184 valence electrons. The number of amides is 2. The van der Waals surface area contributed by atoms with E-state index in [0.29, 0.717) is 17.2 Å². The molecule has 1 aliphatic rings. The summed E-state index contributed by atoms with van der Waals surface area (Å²) in [6.45, 7) is 8.08. The van der Waals surface area contributed by atoms with E-state index in [1.54, 1.807) is 11.0 Å². The van der Waals surface area contributed by atoms with E-state index in [0.717, 1.165) is 47.9 Å². The van der Waals surface area contributed by atoms with E-state index in [4.69, 9.17) is 16.3 Å². The summed E-state index contributed by atoms with van der Waals surface area (Å²) in [7, 11) is 0. The normalized spacial score (nSPS) is 15.0. The summed E-state index contributed by atoms with van der Waals surface area (Å²) in [4.78, 5) is 28.4. The Balaban J connectivity index is 1.80. The first-order valence-electron chi connectivity index (χ1n) is 12.3. The lowest BCUT2D eigenvalue weighted by atomic mass is 9.95. The van der Waals surface area contributed by atoms with Crippen LogP contribution in [0.3, 0.4) is 0 Å². The molecule has 0 spiro atoms. The van der Waals surface area contributed by atoms with Gasteiger partial charge in [-0.15, -0.1) is 0 Å². The Hall–Kier alpha value is -2.53. The summed E-state index contributed by atoms with van der Waals surface area (Å²) in [6.07, 6.45) is 5.99. The molecule has 5 nitrogen and oxygen atoms in total. The molecule has 2 aromatic rings. The van der Waals surface area contributed by atoms with Gasteiger partial charge in [-0.05, 0) is 74.4 Å². The van der Waals surface area contributed by atoms with Gasteiger partial charge in [0, 0.05) is 17.6 Å². The van der Waals surface area contributed by atoms with Gasteiger partial charge in [-0.2, -0.15) is 0 Å². The molecule has 1 saturated carbocycles. The monoisotopic (exact) mass is 484 g/mol. The molecule has 3 rings (SSSR count). The van der Waals surface area contributed by atoms with Crippen LogP contribution in [0.15, 0.2) is 36.4 Å². The van der Waals surface area contributed by atoms with Crippen molar-refractivity contribution < 1.29 is 14.3 Å². The van der Waals surface area contributed by atoms with E-state index in [-0.39, 0.29) is 31.0 Å². The molecule has 1 aliphatic carbocycles. The number of carbonyl (C=O) groups excluding carboxylic acids is 2. The minimum atomic E-state index is -0.588. The molecule has 1 atom stereocenters. The number of hydrogen-bond donors (Lipinski definition) is 1. The van der Waals surface area contributed by atoms with Crippen molar-refractivity contribution in [2.45, 2.75) is 84.8 Å². The van der Waals surface area contributed by atoms with Crippen LogP contribution in [0, 0.1) is 20.8 Å². The lowest BCUT2D eigenvalue weighted by Gasteiger charge is -2.33. The van der Waals surface area contributed by atoms with E-state index in [1.807, 2.05) is 52.0 Å². The van der Waals surface area contributed by atoms with E-state index in [9.17, 15) is 9.59 Å². The first-order chi connectivity index (χ1) is 16.3. The van der Waals surface area contributed by atoms with Crippen LogP contribution in [0.1, 0.15) is 67.7 Å². The summed E-state index contributed by atoms with van der Waals surface area (Å²) < 4.78 is 5.98. The van der Waals surface area contributed by atoms with Crippen LogP contribution in [0.5, 0.6) is 5.75 Å². The Bertz CT molecular complexity index is 1000. The number of rotatable bonds is 9. The second-order valence-corrected chi connectivity index (χ2v) is 9.78. The van der Waals surface area contributed by atoms with Crippen molar-refractivity contribution in [3.05, 3.63) is 63.7 Å². The number of carbonyl (C=O) groups is 2. The maximum absolute atomic E-state index is 13.5. The first kappa shape index (κ1) is 26.1. The Labute approximate surface area is 208 Å². The van der Waals surface area contributed by atoms with Gasteiger partial charge in [0.15, 0.2) is 6.61 Å². The Kier molecular flexibility index (Phi) is 9.40. The minimum Gasteiger partial charge on any atom is -0.483 e. The molecule has 0 aromatic heterocycles. The Morgan fingerprint density at radius 1 is 1.12 bits per heavy atom. The van der Waals surface area contributed by atoms with Crippen LogP contribution in [0.2, 0.25) is 5.02 Å². The molecule has 0 aliphatic heterocycles. The Morgan fingerprint density at radius 3 is 2.50 bits per heavy atom. The van der Waals surface area contributed by atoms with Crippen molar-refractivity contribution in [2.24, 2.45) is 0 Å². The number of ether oxygens (including phenoxy) is 1. The maximum atomic E-state index is 13.5. The summed E-state index contributed by atoms with van der Waals surface area (Å²) >= 11 is 6.41. The molecule has 1 unspecified atom stereocenters. The zero-order valence-electron chi connectivity index (χ0n) is 20.8. The van der Waals surface area contributed by atoms with Crippen LogP contribution >= 0.6 is 11.6 Å². The summed E-state index contributed by atoms with van der Waals surface area (Å²) in [6, 6.07) is 11.1. The zero-order valence-corrected chi connectivity index (χ0v) is 21.6. The third-order valence-corrected chi connectivity index (χ3v) is 7.12. The highest BCUT2D eigenvalue weighted by atomic mass is 35.5. The van der Waals surface area contributed by atoms with Crippen molar-refractivity contribution >= 4 is 23.4 Å². The highest BCUT2D eigenvalue weighted by Gasteiger charge is 2.31. The molecular formula is C28H37ClN2O3. The summed E-state index contributed by atoms with van der Waals surface area (Å²) in [5, 5.41) is 3.77. The standard InChI is InChI=1S/C28H37ClN2O3/c1-5-25(28(33)30-23-12-7-6-8-13-23)31(17-22-11-9-10-14-24(22)29)27(32)18-34-26-16-19(2)15-20(3)21(26)4/h9-11,14-16,23,25H,5-8,12-13,17-18H2,1-4H3,(H,30,33). The predicted molar refractivity (Wildman–Crippen MR) is 137 cm³/mol. The third kappa shape index (κ3) is 6.75. The van der Waals surface area contributed by atoms with E-state index >= 15 is 0 Å². The molecule has 6 heteroatoms. The molecule has 0 heterocycles. The van der Waals surface area contributed by atoms with Crippen LogP contribution in [0.25, 0.3) is 0 Å². The van der Waals surface area contributed by atoms with Gasteiger partial charge in [0.05, 0.1) is 0 Å². The van der Waals surface area contributed by atoms with Gasteiger partial charge in [0.1, 0.15) is 11.8 Å². The second kappa shape index (κ2) is 12.3. The van der Waals surface area contributed by atoms with Crippen molar-refractivity contribution in [1.82, 2.24) is 10.2 Å². The molecule has 34 heavy (non-hydrogen) atoms. The number of aryl methyl sites for hydroxylation is 2. The van der Waals surface area contributed by atoms with Crippen molar-refractivity contribution in [3.8, 4) is 5.75 Å². The molecule has 2 amide bonds. The van der Waals surface area contributed by atoms with Crippen LogP contribution in [-0.4, -0.2) is 35.4 Å². The van der Waals surface area contributed by atoms with Gasteiger partial charge in [-0.1, -0.05) is 62.1 Å². The van der Waals surface area contributed by atoms with Crippen molar-refractivity contribution in [1.29, 1.82) is 0 Å². The van der Waals surface area contributed by atoms with E-state index in [2.05, 4.69) is 11.4 Å². The lowest BCUT2D eigenvalue weighted by molar-refractivity contribution is -0.143. The number of benzene rings is 2. The van der Waals surface area contributed by atoms with Gasteiger partial charge < -0.3 is 15.0 Å². The minimum absolute atomic E-state index is 0.0996. The SMILES string of the molecule is CCC(C(=O)NC1CCCCC1)N(Cc1ccccc1Cl)C(=O)COc1cc(C)cc(C)c1C. The maximum Gasteiger partial charge on any atom is 0.261 e. The van der Waals surface area contributed by atoms with Crippen LogP contribution in [0.4, 0.5) is 0 Å². The largest absolute Gasteiger partial charge is 0.483 e. The topological polar surface area (TPSA) is 58.6 Å². The molecule has 1 N–H and O–H groups in total. The average Bonchev–Trinajstić information content (AvgIpc) is 2.82. The number of hydrogen-bond acceptors (Lipinski definition) is 3. The van der Waals surface area contributed by atoms with Gasteiger partial charge in [0.2, 0.25) is 5.91 Å². The molecular weight excluding hydrogens is 448 g/mol. The van der Waals surface area contributed by atoms with Gasteiger partial charge in [-0.25, -0.2) is 0 Å². The lowest BCUT2D eigenvalue weighted by Crippen LogP contribution is -2.52. The fraction of sp³-hybridized carbons (Fsp3) is 0.500. The fourth-order valence-electron chi connectivity index (χ4n) is 4.65. The predicted octanol–water partition coefficient (Wildman–Crippen LogP) is 5.90. The molecule has 2 aromatic carbocycles. The van der Waals surface area contributed by atoms with Gasteiger partial charge in [-0.3, -0.25) is 9.59 Å². The van der Waals surface area contributed by atoms with E-state index < -0.39 is 6.04 Å². The second-order valence-electron chi connectivity index (χ2n) is 9.37. The quantitative estimate of drug-likeness (QED) is 0.482. The zero-order chi connectivity index (χ0) is 24.7. The number of nitrogens with zero attached hydrogens (tertiary/aromatic N) is 1. The highest BCUT2D eigenvalue weighted by Crippen LogP contribution is 2.25. The van der Waals surface area contributed by atoms with Crippen molar-refractivity contribution in [3.63, 3.8) is 0 Å². The van der Waals surface area contributed by atoms with Crippen molar-refractivity contribution in [2.75, 3.05) is 6.61 Å². The smallest absolute Gasteiger partial charge is 0.261 e. The first-order valence-corrected chi connectivity index (χ1v) is 12.7. The third-order valence-electron chi connectivity index (χ3n) is 6.75. The van der Waals surface area contributed by atoms with Crippen LogP contribution in [-0.2, 0) is 16.1 Å². The molecule has 0 radical (unpaired) electrons. The van der Waals surface area contributed by atoms with Gasteiger partial charge in [0.25, 0.3) is 5.91 Å². The van der Waals surface area contributed by atoms with E-state index in [1.165, 1.54) is 6.42 Å². The molecule has 0 bridgehead atoms. The number of halogens is 1. The highest BCUT2D eigenvalue weighted by molar-refractivity contribution is 6.31. The molecule has 1 fully saturated rings. The molecule has 0 saturated heterocycles. The summed E-state index contributed by atoms with van der Waals surface area (Å²) in [5.74, 6) is 0.366. The fourth-order valence-corrected chi connectivity index (χ4v) is 4.84.